The van der Waals surface area contributed by atoms with Crippen molar-refractivity contribution in [1.29, 1.82) is 0 Å². The molecule has 0 atom stereocenters. The average molecular weight is 334 g/mol. The summed E-state index contributed by atoms with van der Waals surface area (Å²) in [5, 5.41) is 2.94. The zero-order chi connectivity index (χ0) is 13.5. The van der Waals surface area contributed by atoms with Crippen LogP contribution in [0.25, 0.3) is 0 Å². The van der Waals surface area contributed by atoms with E-state index >= 15 is 0 Å². The summed E-state index contributed by atoms with van der Waals surface area (Å²) in [7, 11) is 0. The van der Waals surface area contributed by atoms with Crippen LogP contribution in [-0.4, -0.2) is 32.1 Å². The van der Waals surface area contributed by atoms with Crippen molar-refractivity contribution in [2.75, 3.05) is 31.1 Å². The predicted molar refractivity (Wildman–Crippen MR) is 92.8 cm³/mol. The molecule has 0 aliphatic carbocycles. The Hall–Kier alpha value is -0.970. The number of halogens is 2. The lowest BCUT2D eigenvalue weighted by atomic mass is 10.2. The Balaban J connectivity index is 0.00000200. The van der Waals surface area contributed by atoms with E-state index in [4.69, 9.17) is 5.73 Å². The maximum Gasteiger partial charge on any atom is 0.220 e. The number of carbonyl (C=O) groups is 1. The molecule has 1 amide bonds. The van der Waals surface area contributed by atoms with Crippen molar-refractivity contribution < 1.29 is 4.79 Å². The lowest BCUT2D eigenvalue weighted by molar-refractivity contribution is -0.121. The van der Waals surface area contributed by atoms with Gasteiger partial charge in [-0.05, 0) is 37.4 Å². The summed E-state index contributed by atoms with van der Waals surface area (Å²) in [6.45, 7) is 3.44. The molecule has 1 aromatic carbocycles. The fourth-order valence-corrected chi connectivity index (χ4v) is 2.49. The Bertz CT molecular complexity index is 429. The molecular weight excluding hydrogens is 309 g/mol. The third-order valence-electron chi connectivity index (χ3n) is 3.52. The molecule has 0 saturated heterocycles. The Morgan fingerprint density at radius 1 is 1.24 bits per heavy atom. The molecule has 0 bridgehead atoms. The van der Waals surface area contributed by atoms with Gasteiger partial charge in [-0.15, -0.1) is 24.8 Å². The van der Waals surface area contributed by atoms with Crippen LogP contribution in [0.4, 0.5) is 5.69 Å². The van der Waals surface area contributed by atoms with Gasteiger partial charge in [-0.3, -0.25) is 4.79 Å². The lowest BCUT2D eigenvalue weighted by Gasteiger charge is -2.19. The van der Waals surface area contributed by atoms with Crippen molar-refractivity contribution in [1.82, 2.24) is 5.32 Å². The second-order valence-electron chi connectivity index (χ2n) is 4.96. The molecule has 120 valence electrons. The van der Waals surface area contributed by atoms with Crippen molar-refractivity contribution >= 4 is 36.4 Å². The molecule has 1 heterocycles. The smallest absolute Gasteiger partial charge is 0.220 e. The summed E-state index contributed by atoms with van der Waals surface area (Å²) in [5.74, 6) is 0.118. The zero-order valence-corrected chi connectivity index (χ0v) is 13.8. The average Bonchev–Trinajstić information content (AvgIpc) is 2.85. The SMILES string of the molecule is Cl.Cl.NCCCC(=O)NCCCN1CCc2ccccc21. The summed E-state index contributed by atoms with van der Waals surface area (Å²) in [4.78, 5) is 13.8. The van der Waals surface area contributed by atoms with Gasteiger partial charge < -0.3 is 16.0 Å². The zero-order valence-electron chi connectivity index (χ0n) is 12.2. The van der Waals surface area contributed by atoms with Crippen molar-refractivity contribution in [3.05, 3.63) is 29.8 Å². The van der Waals surface area contributed by atoms with Gasteiger partial charge in [0, 0.05) is 31.7 Å². The second-order valence-corrected chi connectivity index (χ2v) is 4.96. The van der Waals surface area contributed by atoms with E-state index in [2.05, 4.69) is 34.5 Å². The van der Waals surface area contributed by atoms with Crippen LogP contribution in [0.2, 0.25) is 0 Å². The summed E-state index contributed by atoms with van der Waals surface area (Å²) < 4.78 is 0. The van der Waals surface area contributed by atoms with Crippen LogP contribution in [0, 0.1) is 0 Å². The van der Waals surface area contributed by atoms with Crippen LogP contribution in [0.15, 0.2) is 24.3 Å². The van der Waals surface area contributed by atoms with E-state index in [1.54, 1.807) is 0 Å². The van der Waals surface area contributed by atoms with Crippen LogP contribution in [0.1, 0.15) is 24.8 Å². The lowest BCUT2D eigenvalue weighted by Crippen LogP contribution is -2.29. The minimum Gasteiger partial charge on any atom is -0.371 e. The van der Waals surface area contributed by atoms with Crippen LogP contribution in [0.3, 0.4) is 0 Å². The third kappa shape index (κ3) is 6.12. The highest BCUT2D eigenvalue weighted by Crippen LogP contribution is 2.27. The van der Waals surface area contributed by atoms with Gasteiger partial charge in [0.05, 0.1) is 0 Å². The van der Waals surface area contributed by atoms with Crippen LogP contribution >= 0.6 is 24.8 Å². The molecule has 2 rings (SSSR count). The van der Waals surface area contributed by atoms with Gasteiger partial charge in [0.1, 0.15) is 0 Å². The molecule has 0 saturated carbocycles. The number of amides is 1. The van der Waals surface area contributed by atoms with Crippen molar-refractivity contribution in [2.24, 2.45) is 5.73 Å². The molecule has 1 aromatic rings. The number of hydrogen-bond donors (Lipinski definition) is 2. The molecule has 1 aliphatic rings. The highest BCUT2D eigenvalue weighted by molar-refractivity contribution is 5.85. The van der Waals surface area contributed by atoms with Crippen LogP contribution < -0.4 is 16.0 Å². The Morgan fingerprint density at radius 2 is 2.00 bits per heavy atom. The number of hydrogen-bond acceptors (Lipinski definition) is 3. The van der Waals surface area contributed by atoms with Gasteiger partial charge in [-0.1, -0.05) is 18.2 Å². The number of nitrogens with zero attached hydrogens (tertiary/aromatic N) is 1. The first-order valence-corrected chi connectivity index (χ1v) is 7.11. The predicted octanol–water partition coefficient (Wildman–Crippen LogP) is 2.14. The topological polar surface area (TPSA) is 58.4 Å². The second kappa shape index (κ2) is 10.7. The minimum absolute atomic E-state index is 0. The van der Waals surface area contributed by atoms with E-state index in [-0.39, 0.29) is 30.7 Å². The van der Waals surface area contributed by atoms with Gasteiger partial charge in [0.15, 0.2) is 0 Å². The maximum atomic E-state index is 11.4. The van der Waals surface area contributed by atoms with Gasteiger partial charge in [-0.2, -0.15) is 0 Å². The fourth-order valence-electron chi connectivity index (χ4n) is 2.49. The summed E-state index contributed by atoms with van der Waals surface area (Å²) in [6, 6.07) is 8.57. The molecular formula is C15H25Cl2N3O. The molecule has 0 spiro atoms. The molecule has 0 radical (unpaired) electrons. The first-order chi connectivity index (χ1) is 9.31. The summed E-state index contributed by atoms with van der Waals surface area (Å²) in [6.07, 6.45) is 3.44. The van der Waals surface area contributed by atoms with E-state index in [0.717, 1.165) is 38.9 Å². The van der Waals surface area contributed by atoms with Gasteiger partial charge in [-0.25, -0.2) is 0 Å². The standard InChI is InChI=1S/C15H23N3O.2ClH/c16-9-3-7-15(19)17-10-4-11-18-12-8-13-5-1-2-6-14(13)18;;/h1-2,5-6H,3-4,7-12,16H2,(H,17,19);2*1H. The first-order valence-electron chi connectivity index (χ1n) is 7.11. The van der Waals surface area contributed by atoms with Crippen molar-refractivity contribution in [2.45, 2.75) is 25.7 Å². The number of nitrogens with one attached hydrogen (secondary N) is 1. The van der Waals surface area contributed by atoms with E-state index < -0.39 is 0 Å². The van der Waals surface area contributed by atoms with Crippen molar-refractivity contribution in [3.63, 3.8) is 0 Å². The normalized spacial score (nSPS) is 12.1. The molecule has 6 heteroatoms. The van der Waals surface area contributed by atoms with Crippen LogP contribution in [-0.2, 0) is 11.2 Å². The minimum atomic E-state index is 0. The highest BCUT2D eigenvalue weighted by Gasteiger charge is 2.17. The molecule has 0 aromatic heterocycles. The van der Waals surface area contributed by atoms with Crippen molar-refractivity contribution in [3.8, 4) is 0 Å². The van der Waals surface area contributed by atoms with Gasteiger partial charge >= 0.3 is 0 Å². The third-order valence-corrected chi connectivity index (χ3v) is 3.52. The quantitative estimate of drug-likeness (QED) is 0.751. The number of benzene rings is 1. The molecule has 1 aliphatic heterocycles. The van der Waals surface area contributed by atoms with Gasteiger partial charge in [0.25, 0.3) is 0 Å². The molecule has 0 unspecified atom stereocenters. The number of para-hydroxylation sites is 1. The van der Waals surface area contributed by atoms with Gasteiger partial charge in [0.2, 0.25) is 5.91 Å². The van der Waals surface area contributed by atoms with E-state index in [1.165, 1.54) is 11.3 Å². The Kier molecular flexibility index (Phi) is 10.2. The Morgan fingerprint density at radius 3 is 2.76 bits per heavy atom. The molecule has 3 N–H and O–H groups in total. The Labute approximate surface area is 139 Å². The monoisotopic (exact) mass is 333 g/mol. The largest absolute Gasteiger partial charge is 0.371 e. The highest BCUT2D eigenvalue weighted by atomic mass is 35.5. The van der Waals surface area contributed by atoms with E-state index in [1.807, 2.05) is 0 Å². The summed E-state index contributed by atoms with van der Waals surface area (Å²) >= 11 is 0. The number of anilines is 1. The number of carbonyl (C=O) groups excluding carboxylic acids is 1. The number of fused-ring (bicyclic) bond motifs is 1. The van der Waals surface area contributed by atoms with E-state index in [9.17, 15) is 4.79 Å². The summed E-state index contributed by atoms with van der Waals surface area (Å²) in [5.41, 5.74) is 8.17. The van der Waals surface area contributed by atoms with E-state index in [0.29, 0.717) is 13.0 Å². The number of nitrogens with two attached hydrogens (primary N) is 1. The maximum absolute atomic E-state index is 11.4. The molecule has 21 heavy (non-hydrogen) atoms. The molecule has 0 fully saturated rings. The number of rotatable bonds is 7. The first kappa shape index (κ1) is 20.0. The fraction of sp³-hybridized carbons (Fsp3) is 0.533. The molecule has 4 nitrogen and oxygen atoms in total. The van der Waals surface area contributed by atoms with Crippen LogP contribution in [0.5, 0.6) is 0 Å².